The third kappa shape index (κ3) is 8.32. The maximum atomic E-state index is 5.27. The fourth-order valence-electron chi connectivity index (χ4n) is 5.05. The molecule has 0 amide bonds. The molecule has 0 aliphatic carbocycles. The van der Waals surface area contributed by atoms with Crippen molar-refractivity contribution in [3.63, 3.8) is 0 Å². The van der Waals surface area contributed by atoms with Gasteiger partial charge < -0.3 is 5.32 Å². The smallest absolute Gasteiger partial charge is 0.0702 e. The number of anilines is 1. The van der Waals surface area contributed by atoms with Crippen LogP contribution in [-0.2, 0) is 10.8 Å². The highest BCUT2D eigenvalue weighted by Crippen LogP contribution is 2.40. The number of benzene rings is 2. The molecule has 2 aromatic rings. The maximum absolute atomic E-state index is 5.27. The number of hydrogen-bond donors (Lipinski definition) is 1. The number of nitrogens with zero attached hydrogens (tertiary/aromatic N) is 1. The van der Waals surface area contributed by atoms with Gasteiger partial charge in [0.2, 0.25) is 0 Å². The maximum Gasteiger partial charge on any atom is 0.0702 e. The molecule has 0 radical (unpaired) electrons. The molecule has 2 aromatic carbocycles. The van der Waals surface area contributed by atoms with Gasteiger partial charge in [-0.05, 0) is 87.8 Å². The average molecular weight is 531 g/mol. The van der Waals surface area contributed by atoms with Gasteiger partial charge in [0.15, 0.2) is 0 Å². The summed E-state index contributed by atoms with van der Waals surface area (Å²) in [5, 5.41) is 3.82. The number of allylic oxidation sites excluding steroid dienone is 2. The van der Waals surface area contributed by atoms with Crippen molar-refractivity contribution < 1.29 is 0 Å². The summed E-state index contributed by atoms with van der Waals surface area (Å²) in [6, 6.07) is 9.59. The Bertz CT molecular complexity index is 1150. The minimum atomic E-state index is 0.107. The number of aliphatic imine (C=N–C) groups is 1. The van der Waals surface area contributed by atoms with Gasteiger partial charge in [0, 0.05) is 17.1 Å². The molecule has 0 aliphatic rings. The van der Waals surface area contributed by atoms with Gasteiger partial charge in [-0.25, -0.2) is 0 Å². The molecule has 0 aliphatic heterocycles. The van der Waals surface area contributed by atoms with Crippen LogP contribution in [0.15, 0.2) is 41.0 Å². The second-order valence-corrected chi connectivity index (χ2v) is 14.9. The molecular formula is C37H58N2. The van der Waals surface area contributed by atoms with E-state index in [1.165, 1.54) is 39.1 Å². The lowest BCUT2D eigenvalue weighted by atomic mass is 9.81. The lowest BCUT2D eigenvalue weighted by Gasteiger charge is -2.27. The molecule has 2 heteroatoms. The van der Waals surface area contributed by atoms with E-state index >= 15 is 0 Å². The highest BCUT2D eigenvalue weighted by atomic mass is 14.9. The summed E-state index contributed by atoms with van der Waals surface area (Å²) in [6.07, 6.45) is 2.21. The molecule has 216 valence electrons. The fourth-order valence-corrected chi connectivity index (χ4v) is 5.05. The van der Waals surface area contributed by atoms with E-state index in [9.17, 15) is 0 Å². The molecule has 0 fully saturated rings. The first kappa shape index (κ1) is 32.9. The molecule has 1 N–H and O–H groups in total. The normalized spacial score (nSPS) is 13.8. The molecule has 0 saturated heterocycles. The highest BCUT2D eigenvalue weighted by Gasteiger charge is 2.23. The zero-order valence-electron chi connectivity index (χ0n) is 28.1. The Hall–Kier alpha value is -2.35. The molecule has 0 aromatic heterocycles. The van der Waals surface area contributed by atoms with E-state index in [1.54, 1.807) is 0 Å². The zero-order chi connectivity index (χ0) is 30.0. The van der Waals surface area contributed by atoms with Crippen LogP contribution in [0.5, 0.6) is 0 Å². The second kappa shape index (κ2) is 12.4. The highest BCUT2D eigenvalue weighted by molar-refractivity contribution is 5.96. The van der Waals surface area contributed by atoms with Crippen molar-refractivity contribution in [2.45, 2.75) is 145 Å². The van der Waals surface area contributed by atoms with Crippen LogP contribution in [0.25, 0.3) is 0 Å². The summed E-state index contributed by atoms with van der Waals surface area (Å²) < 4.78 is 0. The average Bonchev–Trinajstić information content (AvgIpc) is 2.76. The van der Waals surface area contributed by atoms with Gasteiger partial charge in [-0.15, -0.1) is 0 Å². The lowest BCUT2D eigenvalue weighted by Crippen LogP contribution is -2.15. The minimum absolute atomic E-state index is 0.107. The monoisotopic (exact) mass is 530 g/mol. The van der Waals surface area contributed by atoms with Crippen molar-refractivity contribution in [3.05, 3.63) is 69.4 Å². The first-order chi connectivity index (χ1) is 17.7. The van der Waals surface area contributed by atoms with Crippen LogP contribution < -0.4 is 5.32 Å². The van der Waals surface area contributed by atoms with Gasteiger partial charge in [0.25, 0.3) is 0 Å². The molecule has 2 nitrogen and oxygen atoms in total. The molecular weight excluding hydrogens is 472 g/mol. The van der Waals surface area contributed by atoms with E-state index in [0.29, 0.717) is 23.7 Å². The van der Waals surface area contributed by atoms with E-state index in [4.69, 9.17) is 4.99 Å². The molecule has 0 atom stereocenters. The third-order valence-corrected chi connectivity index (χ3v) is 7.62. The molecule has 0 saturated carbocycles. The Morgan fingerprint density at radius 1 is 0.615 bits per heavy atom. The van der Waals surface area contributed by atoms with E-state index in [-0.39, 0.29) is 10.8 Å². The Labute approximate surface area is 241 Å². The van der Waals surface area contributed by atoms with Gasteiger partial charge in [0.05, 0.1) is 5.69 Å². The van der Waals surface area contributed by atoms with Crippen LogP contribution in [0.4, 0.5) is 11.4 Å². The first-order valence-electron chi connectivity index (χ1n) is 15.1. The van der Waals surface area contributed by atoms with Crippen LogP contribution in [-0.4, -0.2) is 5.71 Å². The summed E-state index contributed by atoms with van der Waals surface area (Å²) in [5.41, 5.74) is 13.0. The van der Waals surface area contributed by atoms with Crippen LogP contribution >= 0.6 is 0 Å². The van der Waals surface area contributed by atoms with Crippen molar-refractivity contribution in [3.8, 4) is 0 Å². The van der Waals surface area contributed by atoms with Gasteiger partial charge >= 0.3 is 0 Å². The van der Waals surface area contributed by atoms with Crippen molar-refractivity contribution in [2.75, 3.05) is 5.32 Å². The summed E-state index contributed by atoms with van der Waals surface area (Å²) in [6.45, 7) is 36.4. The molecule has 0 unspecified atom stereocenters. The van der Waals surface area contributed by atoms with Crippen molar-refractivity contribution >= 4 is 17.1 Å². The third-order valence-electron chi connectivity index (χ3n) is 7.62. The Morgan fingerprint density at radius 3 is 1.26 bits per heavy atom. The Kier molecular flexibility index (Phi) is 10.5. The first-order valence-corrected chi connectivity index (χ1v) is 15.1. The largest absolute Gasteiger partial charge is 0.359 e. The van der Waals surface area contributed by atoms with Crippen LogP contribution in [0.1, 0.15) is 168 Å². The van der Waals surface area contributed by atoms with Crippen molar-refractivity contribution in [1.29, 1.82) is 0 Å². The SMILES string of the molecule is CC(/C=C(/C)Nc1c(C(C)C)cc(C(C)(C)C)cc1C(C)C)=Nc1c(C(C)C)cc(C(C)(C)C)cc1C(C)C. The molecule has 0 heterocycles. The lowest BCUT2D eigenvalue weighted by molar-refractivity contribution is 0.586. The predicted octanol–water partition coefficient (Wildman–Crippen LogP) is 11.9. The fraction of sp³-hybridized carbons (Fsp3) is 0.595. The van der Waals surface area contributed by atoms with Crippen LogP contribution in [0, 0.1) is 0 Å². The van der Waals surface area contributed by atoms with Gasteiger partial charge in [-0.3, -0.25) is 4.99 Å². The standard InChI is InChI=1S/C37H58N2/c1-22(2)30-18-28(36(11,12)13)19-31(23(3)4)34(30)38-26(9)17-27(10)39-35-32(24(5)6)20-29(37(14,15)16)21-33(35)25(7)8/h17-25,38H,1-16H3/b26-17-,39-27?. The minimum Gasteiger partial charge on any atom is -0.359 e. The van der Waals surface area contributed by atoms with Gasteiger partial charge in [0.1, 0.15) is 0 Å². The summed E-state index contributed by atoms with van der Waals surface area (Å²) in [5.74, 6) is 1.67. The van der Waals surface area contributed by atoms with E-state index < -0.39 is 0 Å². The molecule has 0 spiro atoms. The predicted molar refractivity (Wildman–Crippen MR) is 177 cm³/mol. The topological polar surface area (TPSA) is 24.4 Å². The Balaban J connectivity index is 2.64. The summed E-state index contributed by atoms with van der Waals surface area (Å²) in [4.78, 5) is 5.27. The van der Waals surface area contributed by atoms with Crippen LogP contribution in [0.2, 0.25) is 0 Å². The quantitative estimate of drug-likeness (QED) is 0.337. The molecule has 39 heavy (non-hydrogen) atoms. The number of rotatable bonds is 8. The summed E-state index contributed by atoms with van der Waals surface area (Å²) >= 11 is 0. The summed E-state index contributed by atoms with van der Waals surface area (Å²) in [7, 11) is 0. The van der Waals surface area contributed by atoms with Crippen LogP contribution in [0.3, 0.4) is 0 Å². The molecule has 2 rings (SSSR count). The van der Waals surface area contributed by atoms with Gasteiger partial charge in [-0.1, -0.05) is 121 Å². The Morgan fingerprint density at radius 2 is 0.949 bits per heavy atom. The van der Waals surface area contributed by atoms with E-state index in [2.05, 4.69) is 146 Å². The van der Waals surface area contributed by atoms with Crippen molar-refractivity contribution in [2.24, 2.45) is 4.99 Å². The van der Waals surface area contributed by atoms with E-state index in [1.807, 2.05) is 0 Å². The van der Waals surface area contributed by atoms with Crippen molar-refractivity contribution in [1.82, 2.24) is 0 Å². The van der Waals surface area contributed by atoms with Gasteiger partial charge in [-0.2, -0.15) is 0 Å². The number of nitrogens with one attached hydrogen (secondary N) is 1. The second-order valence-electron chi connectivity index (χ2n) is 14.9. The van der Waals surface area contributed by atoms with E-state index in [0.717, 1.165) is 17.1 Å². The number of hydrogen-bond acceptors (Lipinski definition) is 2. The molecule has 0 bridgehead atoms. The zero-order valence-corrected chi connectivity index (χ0v) is 28.1.